The highest BCUT2D eigenvalue weighted by atomic mass is 16.6. The van der Waals surface area contributed by atoms with Crippen LogP contribution in [0.5, 0.6) is 0 Å². The minimum Gasteiger partial charge on any atom is -0.444 e. The van der Waals surface area contributed by atoms with Gasteiger partial charge in [0.05, 0.1) is 12.7 Å². The highest BCUT2D eigenvalue weighted by Gasteiger charge is 2.20. The number of carbonyl (C=O) groups is 1. The Kier molecular flexibility index (Phi) is 6.25. The molecule has 1 heterocycles. The van der Waals surface area contributed by atoms with Crippen LogP contribution in [0.25, 0.3) is 0 Å². The zero-order valence-electron chi connectivity index (χ0n) is 17.2. The molecule has 0 bridgehead atoms. The minimum atomic E-state index is -0.497. The molecule has 28 heavy (non-hydrogen) atoms. The second-order valence-electron chi connectivity index (χ2n) is 8.21. The molecule has 0 saturated carbocycles. The molecule has 0 spiro atoms. The van der Waals surface area contributed by atoms with E-state index in [9.17, 15) is 4.79 Å². The maximum absolute atomic E-state index is 11.9. The van der Waals surface area contributed by atoms with E-state index in [0.717, 1.165) is 18.5 Å². The van der Waals surface area contributed by atoms with Crippen molar-refractivity contribution in [3.63, 3.8) is 0 Å². The van der Waals surface area contributed by atoms with E-state index in [1.807, 2.05) is 26.8 Å². The maximum Gasteiger partial charge on any atom is 0.407 e. The first-order chi connectivity index (χ1) is 13.3. The van der Waals surface area contributed by atoms with E-state index >= 15 is 0 Å². The lowest BCUT2D eigenvalue weighted by Gasteiger charge is -2.30. The summed E-state index contributed by atoms with van der Waals surface area (Å²) in [6.07, 6.45) is 0.480. The zero-order chi connectivity index (χ0) is 20.1. The van der Waals surface area contributed by atoms with E-state index in [2.05, 4.69) is 59.7 Å². The molecule has 1 atom stereocenters. The number of rotatable bonds is 3. The van der Waals surface area contributed by atoms with Crippen LogP contribution in [-0.4, -0.2) is 31.9 Å². The smallest absolute Gasteiger partial charge is 0.407 e. The number of hydrogen-bond acceptors (Lipinski definition) is 4. The maximum atomic E-state index is 11.9. The fourth-order valence-electron chi connectivity index (χ4n) is 3.33. The van der Waals surface area contributed by atoms with Gasteiger partial charge >= 0.3 is 6.09 Å². The molecule has 2 aromatic carbocycles. The van der Waals surface area contributed by atoms with Crippen LogP contribution in [0.15, 0.2) is 48.5 Å². The third-order valence-electron chi connectivity index (χ3n) is 4.72. The summed E-state index contributed by atoms with van der Waals surface area (Å²) in [6.45, 7) is 7.51. The van der Waals surface area contributed by atoms with Gasteiger partial charge in [0.25, 0.3) is 0 Å². The van der Waals surface area contributed by atoms with Crippen LogP contribution in [0.2, 0.25) is 0 Å². The SMILES string of the molecule is CN1CCOC(c2ccccc2)Cc2ccc(CNC(=O)OC(C)(C)C)cc21. The van der Waals surface area contributed by atoms with Gasteiger partial charge in [0, 0.05) is 32.2 Å². The molecule has 0 saturated heterocycles. The van der Waals surface area contributed by atoms with Crippen molar-refractivity contribution in [3.05, 3.63) is 65.2 Å². The number of hydrogen-bond donors (Lipinski definition) is 1. The average Bonchev–Trinajstić information content (AvgIpc) is 2.64. The Morgan fingerprint density at radius 3 is 2.68 bits per heavy atom. The summed E-state index contributed by atoms with van der Waals surface area (Å²) in [7, 11) is 2.08. The molecule has 3 rings (SSSR count). The van der Waals surface area contributed by atoms with E-state index < -0.39 is 11.7 Å². The average molecular weight is 383 g/mol. The van der Waals surface area contributed by atoms with Crippen molar-refractivity contribution < 1.29 is 14.3 Å². The largest absolute Gasteiger partial charge is 0.444 e. The summed E-state index contributed by atoms with van der Waals surface area (Å²) in [6, 6.07) is 16.7. The molecule has 1 N–H and O–H groups in total. The van der Waals surface area contributed by atoms with Crippen LogP contribution in [0.1, 0.15) is 43.6 Å². The molecule has 2 aromatic rings. The van der Waals surface area contributed by atoms with Gasteiger partial charge in [-0.1, -0.05) is 42.5 Å². The van der Waals surface area contributed by atoms with Gasteiger partial charge in [0.15, 0.2) is 0 Å². The van der Waals surface area contributed by atoms with Gasteiger partial charge in [-0.25, -0.2) is 4.79 Å². The molecule has 5 heteroatoms. The molecule has 0 aromatic heterocycles. The van der Waals surface area contributed by atoms with Crippen LogP contribution >= 0.6 is 0 Å². The van der Waals surface area contributed by atoms with Crippen molar-refractivity contribution in [2.45, 2.75) is 45.4 Å². The predicted molar refractivity (Wildman–Crippen MR) is 112 cm³/mol. The first kappa shape index (κ1) is 20.2. The van der Waals surface area contributed by atoms with Gasteiger partial charge in [-0.15, -0.1) is 0 Å². The monoisotopic (exact) mass is 382 g/mol. The lowest BCUT2D eigenvalue weighted by Crippen LogP contribution is -2.32. The first-order valence-electron chi connectivity index (χ1n) is 9.78. The van der Waals surface area contributed by atoms with Crippen LogP contribution < -0.4 is 10.2 Å². The number of amides is 1. The number of nitrogens with zero attached hydrogens (tertiary/aromatic N) is 1. The van der Waals surface area contributed by atoms with E-state index in [0.29, 0.717) is 13.2 Å². The molecule has 5 nitrogen and oxygen atoms in total. The summed E-state index contributed by atoms with van der Waals surface area (Å²) >= 11 is 0. The molecule has 1 aliphatic rings. The molecule has 1 unspecified atom stereocenters. The Hall–Kier alpha value is -2.53. The van der Waals surface area contributed by atoms with Gasteiger partial charge in [0.2, 0.25) is 0 Å². The van der Waals surface area contributed by atoms with Crippen molar-refractivity contribution in [2.24, 2.45) is 0 Å². The molecular weight excluding hydrogens is 352 g/mol. The van der Waals surface area contributed by atoms with E-state index in [4.69, 9.17) is 9.47 Å². The number of anilines is 1. The number of ether oxygens (including phenoxy) is 2. The second-order valence-corrected chi connectivity index (χ2v) is 8.21. The number of fused-ring (bicyclic) bond motifs is 1. The highest BCUT2D eigenvalue weighted by molar-refractivity contribution is 5.68. The van der Waals surface area contributed by atoms with Crippen molar-refractivity contribution in [1.82, 2.24) is 5.32 Å². The van der Waals surface area contributed by atoms with Crippen molar-refractivity contribution in [1.29, 1.82) is 0 Å². The summed E-state index contributed by atoms with van der Waals surface area (Å²) in [5.41, 5.74) is 4.19. The van der Waals surface area contributed by atoms with Crippen LogP contribution in [0.3, 0.4) is 0 Å². The zero-order valence-corrected chi connectivity index (χ0v) is 17.2. The van der Waals surface area contributed by atoms with Crippen LogP contribution in [0.4, 0.5) is 10.5 Å². The van der Waals surface area contributed by atoms with Crippen LogP contribution in [0, 0.1) is 0 Å². The topological polar surface area (TPSA) is 50.8 Å². The summed E-state index contributed by atoms with van der Waals surface area (Å²) in [5.74, 6) is 0. The van der Waals surface area contributed by atoms with E-state index in [1.165, 1.54) is 16.8 Å². The van der Waals surface area contributed by atoms with Crippen molar-refractivity contribution in [3.8, 4) is 0 Å². The van der Waals surface area contributed by atoms with Gasteiger partial charge in [0.1, 0.15) is 5.60 Å². The minimum absolute atomic E-state index is 0.0550. The fraction of sp³-hybridized carbons (Fsp3) is 0.435. The Morgan fingerprint density at radius 2 is 1.96 bits per heavy atom. The van der Waals surface area contributed by atoms with Gasteiger partial charge in [-0.2, -0.15) is 0 Å². The van der Waals surface area contributed by atoms with Crippen LogP contribution in [-0.2, 0) is 22.4 Å². The standard InChI is InChI=1S/C23H30N2O3/c1-23(2,3)28-22(26)24-16-17-10-11-19-15-21(18-8-6-5-7-9-18)27-13-12-25(4)20(19)14-17/h5-11,14,21H,12-13,15-16H2,1-4H3,(H,24,26). The Labute approximate surface area is 167 Å². The van der Waals surface area contributed by atoms with Gasteiger partial charge < -0.3 is 19.7 Å². The second kappa shape index (κ2) is 8.65. The van der Waals surface area contributed by atoms with E-state index in [-0.39, 0.29) is 6.10 Å². The molecule has 0 radical (unpaired) electrons. The Balaban J connectivity index is 1.74. The molecular formula is C23H30N2O3. The Morgan fingerprint density at radius 1 is 1.21 bits per heavy atom. The third kappa shape index (κ3) is 5.49. The van der Waals surface area contributed by atoms with Crippen molar-refractivity contribution in [2.75, 3.05) is 25.1 Å². The summed E-state index contributed by atoms with van der Waals surface area (Å²) < 4.78 is 11.5. The van der Waals surface area contributed by atoms with Gasteiger partial charge in [-0.3, -0.25) is 0 Å². The summed E-state index contributed by atoms with van der Waals surface area (Å²) in [4.78, 5) is 14.1. The molecule has 1 amide bonds. The number of likely N-dealkylation sites (N-methyl/N-ethyl adjacent to an activating group) is 1. The first-order valence-corrected chi connectivity index (χ1v) is 9.78. The van der Waals surface area contributed by atoms with Crippen molar-refractivity contribution >= 4 is 11.8 Å². The number of benzene rings is 2. The van der Waals surface area contributed by atoms with Gasteiger partial charge in [-0.05, 0) is 43.5 Å². The fourth-order valence-corrected chi connectivity index (χ4v) is 3.33. The van der Waals surface area contributed by atoms with E-state index in [1.54, 1.807) is 0 Å². The summed E-state index contributed by atoms with van der Waals surface area (Å²) in [5, 5.41) is 2.84. The number of nitrogens with one attached hydrogen (secondary N) is 1. The predicted octanol–water partition coefficient (Wildman–Crippen LogP) is 4.46. The quantitative estimate of drug-likeness (QED) is 0.851. The highest BCUT2D eigenvalue weighted by Crippen LogP contribution is 2.31. The lowest BCUT2D eigenvalue weighted by atomic mass is 9.97. The normalized spacial score (nSPS) is 17.3. The lowest BCUT2D eigenvalue weighted by molar-refractivity contribution is 0.0523. The number of alkyl carbamates (subject to hydrolysis) is 1. The molecule has 0 fully saturated rings. The molecule has 0 aliphatic carbocycles. The third-order valence-corrected chi connectivity index (χ3v) is 4.72. The molecule has 150 valence electrons. The number of carbonyl (C=O) groups excluding carboxylic acids is 1. The molecule has 1 aliphatic heterocycles. The Bertz CT molecular complexity index is 799.